The van der Waals surface area contributed by atoms with E-state index < -0.39 is 0 Å². The third-order valence-corrected chi connectivity index (χ3v) is 4.58. The molecule has 2 rings (SSSR count). The lowest BCUT2D eigenvalue weighted by molar-refractivity contribution is -0.122. The summed E-state index contributed by atoms with van der Waals surface area (Å²) >= 11 is 1.73. The topological polar surface area (TPSA) is 58.4 Å². The number of hydrogen-bond donors (Lipinski definition) is 2. The monoisotopic (exact) mass is 281 g/mol. The molecule has 0 radical (unpaired) electrons. The number of nitrogens with one attached hydrogen (secondary N) is 1. The molecule has 0 bridgehead atoms. The third kappa shape index (κ3) is 4.60. The Balaban J connectivity index is 1.65. The van der Waals surface area contributed by atoms with Crippen LogP contribution in [-0.2, 0) is 11.2 Å². The van der Waals surface area contributed by atoms with Crippen molar-refractivity contribution in [3.05, 3.63) is 22.4 Å². The number of carbonyl (C=O) groups excluding carboxylic acids is 1. The van der Waals surface area contributed by atoms with Gasteiger partial charge in [-0.25, -0.2) is 0 Å². The van der Waals surface area contributed by atoms with Crippen LogP contribution >= 0.6 is 11.3 Å². The van der Waals surface area contributed by atoms with E-state index >= 15 is 0 Å². The zero-order chi connectivity index (χ0) is 13.7. The van der Waals surface area contributed by atoms with Crippen LogP contribution in [-0.4, -0.2) is 43.5 Å². The zero-order valence-corrected chi connectivity index (χ0v) is 12.3. The van der Waals surface area contributed by atoms with Crippen molar-refractivity contribution in [1.82, 2.24) is 10.2 Å². The molecule has 1 unspecified atom stereocenters. The minimum absolute atomic E-state index is 0.0955. The van der Waals surface area contributed by atoms with E-state index in [0.717, 1.165) is 6.42 Å². The van der Waals surface area contributed by atoms with Gasteiger partial charge in [0.05, 0.1) is 6.54 Å². The predicted octanol–water partition coefficient (Wildman–Crippen LogP) is 1.08. The molecule has 5 heteroatoms. The number of nitrogens with two attached hydrogens (primary N) is 1. The van der Waals surface area contributed by atoms with Gasteiger partial charge in [0.2, 0.25) is 5.91 Å². The number of hydrogen-bond acceptors (Lipinski definition) is 4. The molecule has 1 aliphatic rings. The molecule has 1 aromatic rings. The average molecular weight is 281 g/mol. The van der Waals surface area contributed by atoms with E-state index in [-0.39, 0.29) is 5.91 Å². The van der Waals surface area contributed by atoms with E-state index in [1.54, 1.807) is 11.3 Å². The molecule has 1 aliphatic carbocycles. The summed E-state index contributed by atoms with van der Waals surface area (Å²) in [6.45, 7) is 1.80. The maximum atomic E-state index is 11.9. The quantitative estimate of drug-likeness (QED) is 0.749. The van der Waals surface area contributed by atoms with Gasteiger partial charge in [0.1, 0.15) is 0 Å². The molecule has 0 aliphatic heterocycles. The van der Waals surface area contributed by atoms with E-state index in [1.807, 2.05) is 13.1 Å². The predicted molar refractivity (Wildman–Crippen MR) is 79.2 cm³/mol. The molecule has 1 amide bonds. The highest BCUT2D eigenvalue weighted by molar-refractivity contribution is 7.09. The number of amides is 1. The van der Waals surface area contributed by atoms with Crippen molar-refractivity contribution < 1.29 is 4.79 Å². The summed E-state index contributed by atoms with van der Waals surface area (Å²) < 4.78 is 0. The van der Waals surface area contributed by atoms with E-state index in [2.05, 4.69) is 21.7 Å². The molecule has 4 nitrogen and oxygen atoms in total. The molecular formula is C14H23N3OS. The SMILES string of the molecule is CN(CC(=O)NCCc1cccs1)C(CN)C1CC1. The van der Waals surface area contributed by atoms with Crippen LogP contribution in [0.1, 0.15) is 17.7 Å². The summed E-state index contributed by atoms with van der Waals surface area (Å²) in [5, 5.41) is 5.04. The van der Waals surface area contributed by atoms with Gasteiger partial charge in [0.15, 0.2) is 0 Å². The first-order valence-corrected chi connectivity index (χ1v) is 7.78. The Kier molecular flexibility index (Phi) is 5.36. The molecule has 1 atom stereocenters. The van der Waals surface area contributed by atoms with Gasteiger partial charge >= 0.3 is 0 Å². The Labute approximate surface area is 119 Å². The van der Waals surface area contributed by atoms with Crippen LogP contribution in [0.25, 0.3) is 0 Å². The highest BCUT2D eigenvalue weighted by atomic mass is 32.1. The zero-order valence-electron chi connectivity index (χ0n) is 11.5. The van der Waals surface area contributed by atoms with E-state index in [0.29, 0.717) is 31.6 Å². The van der Waals surface area contributed by atoms with Crippen LogP contribution in [0.15, 0.2) is 17.5 Å². The molecule has 0 saturated heterocycles. The van der Waals surface area contributed by atoms with Gasteiger partial charge in [-0.15, -0.1) is 11.3 Å². The van der Waals surface area contributed by atoms with Crippen LogP contribution < -0.4 is 11.1 Å². The fourth-order valence-corrected chi connectivity index (χ4v) is 3.10. The largest absolute Gasteiger partial charge is 0.355 e. The van der Waals surface area contributed by atoms with Crippen LogP contribution in [0.3, 0.4) is 0 Å². The Hall–Kier alpha value is -0.910. The van der Waals surface area contributed by atoms with Crippen molar-refractivity contribution in [2.45, 2.75) is 25.3 Å². The fourth-order valence-electron chi connectivity index (χ4n) is 2.39. The van der Waals surface area contributed by atoms with Crippen LogP contribution in [0.4, 0.5) is 0 Å². The first kappa shape index (κ1) is 14.5. The van der Waals surface area contributed by atoms with Gasteiger partial charge < -0.3 is 11.1 Å². The summed E-state index contributed by atoms with van der Waals surface area (Å²) in [6, 6.07) is 4.50. The van der Waals surface area contributed by atoms with Crippen molar-refractivity contribution in [3.63, 3.8) is 0 Å². The highest BCUT2D eigenvalue weighted by Gasteiger charge is 2.33. The maximum Gasteiger partial charge on any atom is 0.234 e. The van der Waals surface area contributed by atoms with E-state index in [1.165, 1.54) is 17.7 Å². The van der Waals surface area contributed by atoms with Gasteiger partial charge in [-0.05, 0) is 43.7 Å². The summed E-state index contributed by atoms with van der Waals surface area (Å²) in [6.07, 6.45) is 3.43. The van der Waals surface area contributed by atoms with E-state index in [4.69, 9.17) is 5.73 Å². The normalized spacial score (nSPS) is 16.6. The number of nitrogens with zero attached hydrogens (tertiary/aromatic N) is 1. The fraction of sp³-hybridized carbons (Fsp3) is 0.643. The number of thiophene rings is 1. The minimum atomic E-state index is 0.0955. The van der Waals surface area contributed by atoms with Crippen molar-refractivity contribution in [3.8, 4) is 0 Å². The van der Waals surface area contributed by atoms with Gasteiger partial charge in [-0.3, -0.25) is 9.69 Å². The lowest BCUT2D eigenvalue weighted by Gasteiger charge is -2.26. The lowest BCUT2D eigenvalue weighted by atomic mass is 10.1. The third-order valence-electron chi connectivity index (χ3n) is 3.64. The van der Waals surface area contributed by atoms with Gasteiger partial charge in [-0.2, -0.15) is 0 Å². The number of carbonyl (C=O) groups is 1. The summed E-state index contributed by atoms with van der Waals surface area (Å²) in [5.41, 5.74) is 5.78. The van der Waals surface area contributed by atoms with Crippen molar-refractivity contribution in [2.75, 3.05) is 26.7 Å². The minimum Gasteiger partial charge on any atom is -0.355 e. The van der Waals surface area contributed by atoms with Crippen LogP contribution in [0.5, 0.6) is 0 Å². The molecule has 1 heterocycles. The molecule has 1 fully saturated rings. The standard InChI is InChI=1S/C14H23N3OS/c1-17(13(9-15)11-4-5-11)10-14(18)16-7-6-12-3-2-8-19-12/h2-3,8,11,13H,4-7,9-10,15H2,1H3,(H,16,18). The first-order valence-electron chi connectivity index (χ1n) is 6.90. The second-order valence-electron chi connectivity index (χ2n) is 5.23. The van der Waals surface area contributed by atoms with Crippen molar-refractivity contribution in [2.24, 2.45) is 11.7 Å². The summed E-state index contributed by atoms with van der Waals surface area (Å²) in [5.74, 6) is 0.798. The second kappa shape index (κ2) is 7.03. The van der Waals surface area contributed by atoms with Gasteiger partial charge in [0.25, 0.3) is 0 Å². The maximum absolute atomic E-state index is 11.9. The molecule has 3 N–H and O–H groups in total. The average Bonchev–Trinajstić information content (AvgIpc) is 3.06. The Bertz CT molecular complexity index is 389. The number of likely N-dealkylation sites (N-methyl/N-ethyl adjacent to an activating group) is 1. The molecule has 0 spiro atoms. The lowest BCUT2D eigenvalue weighted by Crippen LogP contribution is -2.45. The van der Waals surface area contributed by atoms with Gasteiger partial charge in [-0.1, -0.05) is 6.07 Å². The molecule has 19 heavy (non-hydrogen) atoms. The van der Waals surface area contributed by atoms with Crippen molar-refractivity contribution in [1.29, 1.82) is 0 Å². The summed E-state index contributed by atoms with van der Waals surface area (Å²) in [7, 11) is 1.99. The van der Waals surface area contributed by atoms with Crippen molar-refractivity contribution >= 4 is 17.2 Å². The molecular weight excluding hydrogens is 258 g/mol. The summed E-state index contributed by atoms with van der Waals surface area (Å²) in [4.78, 5) is 15.3. The smallest absolute Gasteiger partial charge is 0.234 e. The Morgan fingerprint density at radius 2 is 2.42 bits per heavy atom. The molecule has 106 valence electrons. The van der Waals surface area contributed by atoms with Crippen LogP contribution in [0.2, 0.25) is 0 Å². The first-order chi connectivity index (χ1) is 9.20. The van der Waals surface area contributed by atoms with E-state index in [9.17, 15) is 4.79 Å². The Morgan fingerprint density at radius 1 is 1.63 bits per heavy atom. The molecule has 1 aromatic heterocycles. The second-order valence-corrected chi connectivity index (χ2v) is 6.27. The van der Waals surface area contributed by atoms with Crippen LogP contribution in [0, 0.1) is 5.92 Å². The molecule has 1 saturated carbocycles. The Morgan fingerprint density at radius 3 is 3.00 bits per heavy atom. The van der Waals surface area contributed by atoms with Gasteiger partial charge in [0, 0.05) is 24.0 Å². The molecule has 0 aromatic carbocycles. The number of rotatable bonds is 8. The highest BCUT2D eigenvalue weighted by Crippen LogP contribution is 2.34.